The van der Waals surface area contributed by atoms with Gasteiger partial charge < -0.3 is 10.4 Å². The Hall–Kier alpha value is -1.00. The van der Waals surface area contributed by atoms with Crippen LogP contribution in [0.4, 0.5) is 8.78 Å². The van der Waals surface area contributed by atoms with E-state index in [4.69, 9.17) is 0 Å². The highest BCUT2D eigenvalue weighted by Gasteiger charge is 2.18. The van der Waals surface area contributed by atoms with Crippen LogP contribution < -0.4 is 5.32 Å². The summed E-state index contributed by atoms with van der Waals surface area (Å²) in [6.07, 6.45) is -1.03. The second kappa shape index (κ2) is 5.37. The van der Waals surface area contributed by atoms with Gasteiger partial charge in [-0.05, 0) is 30.7 Å². The highest BCUT2D eigenvalue weighted by atomic mass is 19.2. The van der Waals surface area contributed by atoms with E-state index < -0.39 is 17.7 Å². The number of aliphatic hydroxyl groups excluding tert-OH is 1. The van der Waals surface area contributed by atoms with E-state index >= 15 is 0 Å². The van der Waals surface area contributed by atoms with Crippen molar-refractivity contribution in [1.82, 2.24) is 5.32 Å². The Bertz CT molecular complexity index is 366. The predicted molar refractivity (Wildman–Crippen MR) is 59.3 cm³/mol. The van der Waals surface area contributed by atoms with Gasteiger partial charge in [0.05, 0.1) is 6.10 Å². The van der Waals surface area contributed by atoms with Crippen molar-refractivity contribution in [3.63, 3.8) is 0 Å². The number of rotatable bonds is 4. The van der Waals surface area contributed by atoms with Gasteiger partial charge in [0.1, 0.15) is 0 Å². The molecule has 0 radical (unpaired) electrons. The SMILES string of the molecule is CNCC(O)c1cc(C(C)C)cc(F)c1F. The highest BCUT2D eigenvalue weighted by molar-refractivity contribution is 5.30. The third-order valence-corrected chi connectivity index (χ3v) is 2.50. The average molecular weight is 229 g/mol. The van der Waals surface area contributed by atoms with Crippen molar-refractivity contribution in [3.8, 4) is 0 Å². The molecule has 1 atom stereocenters. The Morgan fingerprint density at radius 1 is 1.31 bits per heavy atom. The molecular formula is C12H17F2NO. The molecule has 16 heavy (non-hydrogen) atoms. The summed E-state index contributed by atoms with van der Waals surface area (Å²) in [5, 5.41) is 12.4. The first kappa shape index (κ1) is 13.1. The fourth-order valence-corrected chi connectivity index (χ4v) is 1.51. The van der Waals surface area contributed by atoms with Crippen LogP contribution in [0.15, 0.2) is 12.1 Å². The van der Waals surface area contributed by atoms with E-state index in [1.807, 2.05) is 13.8 Å². The Balaban J connectivity index is 3.16. The summed E-state index contributed by atoms with van der Waals surface area (Å²) in [6, 6.07) is 2.70. The van der Waals surface area contributed by atoms with Gasteiger partial charge in [0.25, 0.3) is 0 Å². The minimum absolute atomic E-state index is 0.0121. The van der Waals surface area contributed by atoms with E-state index in [0.29, 0.717) is 5.56 Å². The van der Waals surface area contributed by atoms with Crippen molar-refractivity contribution in [2.75, 3.05) is 13.6 Å². The largest absolute Gasteiger partial charge is 0.387 e. The lowest BCUT2D eigenvalue weighted by Crippen LogP contribution is -2.18. The molecule has 4 heteroatoms. The normalized spacial score (nSPS) is 13.2. The smallest absolute Gasteiger partial charge is 0.164 e. The Labute approximate surface area is 94.3 Å². The van der Waals surface area contributed by atoms with Crippen molar-refractivity contribution in [2.45, 2.75) is 25.9 Å². The van der Waals surface area contributed by atoms with E-state index in [1.54, 1.807) is 7.05 Å². The van der Waals surface area contributed by atoms with E-state index in [9.17, 15) is 13.9 Å². The van der Waals surface area contributed by atoms with Gasteiger partial charge in [-0.1, -0.05) is 13.8 Å². The molecule has 2 nitrogen and oxygen atoms in total. The molecular weight excluding hydrogens is 212 g/mol. The van der Waals surface area contributed by atoms with Gasteiger partial charge in [0.15, 0.2) is 11.6 Å². The molecule has 1 aromatic carbocycles. The molecule has 0 saturated heterocycles. The van der Waals surface area contributed by atoms with Crippen LogP contribution in [0.5, 0.6) is 0 Å². The van der Waals surface area contributed by atoms with Gasteiger partial charge >= 0.3 is 0 Å². The van der Waals surface area contributed by atoms with Crippen LogP contribution in [0.2, 0.25) is 0 Å². The molecule has 0 saturated carbocycles. The molecule has 0 aromatic heterocycles. The van der Waals surface area contributed by atoms with Crippen molar-refractivity contribution in [1.29, 1.82) is 0 Å². The molecule has 0 fully saturated rings. The number of hydrogen-bond acceptors (Lipinski definition) is 2. The zero-order valence-corrected chi connectivity index (χ0v) is 9.72. The van der Waals surface area contributed by atoms with Crippen LogP contribution in [0.3, 0.4) is 0 Å². The van der Waals surface area contributed by atoms with Gasteiger partial charge in [0.2, 0.25) is 0 Å². The molecule has 1 rings (SSSR count). The number of halogens is 2. The van der Waals surface area contributed by atoms with Gasteiger partial charge in [-0.15, -0.1) is 0 Å². The first-order valence-corrected chi connectivity index (χ1v) is 5.28. The Morgan fingerprint density at radius 2 is 1.94 bits per heavy atom. The lowest BCUT2D eigenvalue weighted by Gasteiger charge is -2.15. The molecule has 0 aliphatic carbocycles. The fraction of sp³-hybridized carbons (Fsp3) is 0.500. The summed E-state index contributed by atoms with van der Waals surface area (Å²) in [6.45, 7) is 3.97. The molecule has 0 spiro atoms. The maximum atomic E-state index is 13.5. The van der Waals surface area contributed by atoms with Crippen LogP contribution in [0, 0.1) is 11.6 Å². The summed E-state index contributed by atoms with van der Waals surface area (Å²) in [4.78, 5) is 0. The van der Waals surface area contributed by atoms with Crippen molar-refractivity contribution >= 4 is 0 Å². The maximum absolute atomic E-state index is 13.5. The molecule has 1 unspecified atom stereocenters. The third-order valence-electron chi connectivity index (χ3n) is 2.50. The second-order valence-electron chi connectivity index (χ2n) is 4.13. The van der Waals surface area contributed by atoms with Crippen molar-refractivity contribution < 1.29 is 13.9 Å². The standard InChI is InChI=1S/C12H17F2NO/c1-7(2)8-4-9(11(16)6-15-3)12(14)10(13)5-8/h4-5,7,11,15-16H,6H2,1-3H3. The summed E-state index contributed by atoms with van der Waals surface area (Å²) in [7, 11) is 1.64. The minimum atomic E-state index is -1.03. The molecule has 2 N–H and O–H groups in total. The van der Waals surface area contributed by atoms with Gasteiger partial charge in [-0.3, -0.25) is 0 Å². The second-order valence-corrected chi connectivity index (χ2v) is 4.13. The number of hydrogen-bond donors (Lipinski definition) is 2. The average Bonchev–Trinajstić information content (AvgIpc) is 2.21. The zero-order valence-electron chi connectivity index (χ0n) is 9.72. The fourth-order valence-electron chi connectivity index (χ4n) is 1.51. The zero-order chi connectivity index (χ0) is 12.3. The molecule has 1 aromatic rings. The monoisotopic (exact) mass is 229 g/mol. The Morgan fingerprint density at radius 3 is 2.44 bits per heavy atom. The van der Waals surface area contributed by atoms with E-state index in [1.165, 1.54) is 12.1 Å². The molecule has 0 amide bonds. The lowest BCUT2D eigenvalue weighted by molar-refractivity contribution is 0.171. The van der Waals surface area contributed by atoms with Gasteiger partial charge in [-0.2, -0.15) is 0 Å². The molecule has 0 aliphatic rings. The van der Waals surface area contributed by atoms with E-state index in [0.717, 1.165) is 0 Å². The summed E-state index contributed by atoms with van der Waals surface area (Å²) in [5.41, 5.74) is 0.696. The van der Waals surface area contributed by atoms with E-state index in [2.05, 4.69) is 5.32 Å². The highest BCUT2D eigenvalue weighted by Crippen LogP contribution is 2.25. The third kappa shape index (κ3) is 2.77. The number of nitrogens with one attached hydrogen (secondary N) is 1. The topological polar surface area (TPSA) is 32.3 Å². The maximum Gasteiger partial charge on any atom is 0.164 e. The molecule has 0 aliphatic heterocycles. The van der Waals surface area contributed by atoms with Crippen LogP contribution in [-0.2, 0) is 0 Å². The van der Waals surface area contributed by atoms with Gasteiger partial charge in [0, 0.05) is 12.1 Å². The van der Waals surface area contributed by atoms with Crippen LogP contribution in [0.1, 0.15) is 37.0 Å². The number of aliphatic hydroxyl groups is 1. The van der Waals surface area contributed by atoms with Crippen molar-refractivity contribution in [2.24, 2.45) is 0 Å². The molecule has 90 valence electrons. The van der Waals surface area contributed by atoms with Crippen LogP contribution in [0.25, 0.3) is 0 Å². The first-order valence-electron chi connectivity index (χ1n) is 5.28. The molecule has 0 heterocycles. The van der Waals surface area contributed by atoms with E-state index in [-0.39, 0.29) is 18.0 Å². The summed E-state index contributed by atoms with van der Waals surface area (Å²) >= 11 is 0. The van der Waals surface area contributed by atoms with Crippen molar-refractivity contribution in [3.05, 3.63) is 34.9 Å². The van der Waals surface area contributed by atoms with Crippen LogP contribution >= 0.6 is 0 Å². The minimum Gasteiger partial charge on any atom is -0.387 e. The Kier molecular flexibility index (Phi) is 4.38. The summed E-state index contributed by atoms with van der Waals surface area (Å²) in [5.74, 6) is -1.78. The quantitative estimate of drug-likeness (QED) is 0.830. The summed E-state index contributed by atoms with van der Waals surface area (Å²) < 4.78 is 26.8. The number of likely N-dealkylation sites (N-methyl/N-ethyl adjacent to an activating group) is 1. The number of benzene rings is 1. The first-order chi connectivity index (χ1) is 7.47. The predicted octanol–water partition coefficient (Wildman–Crippen LogP) is 2.34. The lowest BCUT2D eigenvalue weighted by atomic mass is 9.98. The van der Waals surface area contributed by atoms with Crippen LogP contribution in [-0.4, -0.2) is 18.7 Å². The molecule has 0 bridgehead atoms. The van der Waals surface area contributed by atoms with Gasteiger partial charge in [-0.25, -0.2) is 8.78 Å².